The summed E-state index contributed by atoms with van der Waals surface area (Å²) < 4.78 is 12.7. The molecule has 0 bridgehead atoms. The lowest BCUT2D eigenvalue weighted by Gasteiger charge is -2.10. The Kier molecular flexibility index (Phi) is 5.30. The molecule has 0 aliphatic carbocycles. The summed E-state index contributed by atoms with van der Waals surface area (Å²) in [6, 6.07) is 13.7. The molecule has 3 heterocycles. The van der Waals surface area contributed by atoms with E-state index in [0.29, 0.717) is 37.8 Å². The van der Waals surface area contributed by atoms with Crippen LogP contribution in [0.1, 0.15) is 10.6 Å². The highest BCUT2D eigenvalue weighted by Gasteiger charge is 2.18. The lowest BCUT2D eigenvalue weighted by molar-refractivity contribution is 0.0997. The molecule has 0 unspecified atom stereocenters. The summed E-state index contributed by atoms with van der Waals surface area (Å²) in [6.45, 7) is 0. The first-order valence-electron chi connectivity index (χ1n) is 9.23. The topological polar surface area (TPSA) is 94.5 Å². The Labute approximate surface area is 195 Å². The second-order valence-electron chi connectivity index (χ2n) is 6.62. The smallest absolute Gasteiger partial charge is 0.291 e. The molecule has 0 atom stereocenters. The maximum atomic E-state index is 12.9. The van der Waals surface area contributed by atoms with E-state index in [9.17, 15) is 4.79 Å². The van der Waals surface area contributed by atoms with Gasteiger partial charge in [0, 0.05) is 16.1 Å². The number of methoxy groups -OCH3 is 1. The average molecular weight is 486 g/mol. The maximum Gasteiger partial charge on any atom is 0.291 e. The lowest BCUT2D eigenvalue weighted by atomic mass is 10.2. The number of carbonyl (C=O) groups is 1. The van der Waals surface area contributed by atoms with Crippen molar-refractivity contribution >= 4 is 51.1 Å². The molecule has 32 heavy (non-hydrogen) atoms. The third-order valence-electron chi connectivity index (χ3n) is 4.61. The highest BCUT2D eigenvalue weighted by molar-refractivity contribution is 7.19. The number of carbonyl (C=O) groups excluding carboxylic acids is 1. The van der Waals surface area contributed by atoms with Crippen molar-refractivity contribution in [1.29, 1.82) is 0 Å². The fraction of sp³-hybridized carbons (Fsp3) is 0.0476. The van der Waals surface area contributed by atoms with Gasteiger partial charge in [-0.05, 0) is 48.5 Å². The van der Waals surface area contributed by atoms with Crippen LogP contribution in [-0.2, 0) is 0 Å². The van der Waals surface area contributed by atoms with Crippen LogP contribution < -0.4 is 10.1 Å². The monoisotopic (exact) mass is 485 g/mol. The fourth-order valence-electron chi connectivity index (χ4n) is 3.09. The molecule has 8 nitrogen and oxygen atoms in total. The molecule has 5 rings (SSSR count). The van der Waals surface area contributed by atoms with E-state index < -0.39 is 5.91 Å². The Morgan fingerprint density at radius 2 is 2.03 bits per heavy atom. The molecule has 160 valence electrons. The van der Waals surface area contributed by atoms with Crippen molar-refractivity contribution < 1.29 is 13.9 Å². The van der Waals surface area contributed by atoms with Gasteiger partial charge >= 0.3 is 0 Å². The second kappa shape index (κ2) is 8.27. The molecule has 0 saturated heterocycles. The Morgan fingerprint density at radius 3 is 2.84 bits per heavy atom. The first-order chi connectivity index (χ1) is 15.5. The molecule has 5 aromatic rings. The third kappa shape index (κ3) is 3.81. The molecule has 0 saturated carbocycles. The highest BCUT2D eigenvalue weighted by Crippen LogP contribution is 2.34. The average Bonchev–Trinajstić information content (AvgIpc) is 3.52. The molecule has 11 heteroatoms. The van der Waals surface area contributed by atoms with E-state index in [2.05, 4.69) is 20.6 Å². The normalized spacial score (nSPS) is 11.1. The molecule has 0 radical (unpaired) electrons. The fourth-order valence-corrected chi connectivity index (χ4v) is 4.29. The van der Waals surface area contributed by atoms with Crippen LogP contribution in [0.25, 0.3) is 26.9 Å². The van der Waals surface area contributed by atoms with Crippen molar-refractivity contribution in [3.63, 3.8) is 0 Å². The van der Waals surface area contributed by atoms with Crippen LogP contribution in [0.4, 0.5) is 5.69 Å². The van der Waals surface area contributed by atoms with Gasteiger partial charge in [0.1, 0.15) is 22.8 Å². The zero-order chi connectivity index (χ0) is 22.2. The summed E-state index contributed by atoms with van der Waals surface area (Å²) in [5.41, 5.74) is 1.86. The number of nitrogens with one attached hydrogen (secondary N) is 1. The van der Waals surface area contributed by atoms with E-state index in [0.717, 1.165) is 10.6 Å². The van der Waals surface area contributed by atoms with Gasteiger partial charge in [-0.25, -0.2) is 0 Å². The number of nitrogens with zero attached hydrogens (tertiary/aromatic N) is 4. The van der Waals surface area contributed by atoms with Gasteiger partial charge in [0.15, 0.2) is 5.76 Å². The zero-order valence-electron chi connectivity index (χ0n) is 16.4. The van der Waals surface area contributed by atoms with Crippen molar-refractivity contribution in [3.05, 3.63) is 70.7 Å². The van der Waals surface area contributed by atoms with E-state index >= 15 is 0 Å². The standard InChI is InChI=1S/C21H13Cl2N5O3S/c1-30-17-5-2-11(20-27-28-10-24-26-21(28)32-20)8-15(17)25-19(29)18-7-6-16(31-18)13-9-12(22)3-4-14(13)23/h2-10H,1H3,(H,25,29). The first-order valence-corrected chi connectivity index (χ1v) is 10.8. The predicted octanol–water partition coefficient (Wildman–Crippen LogP) is 5.68. The largest absolute Gasteiger partial charge is 0.495 e. The minimum atomic E-state index is -0.442. The van der Waals surface area contributed by atoms with Gasteiger partial charge in [-0.1, -0.05) is 34.5 Å². The van der Waals surface area contributed by atoms with E-state index in [1.807, 2.05) is 6.07 Å². The Balaban J connectivity index is 1.43. The quantitative estimate of drug-likeness (QED) is 0.344. The van der Waals surface area contributed by atoms with Crippen molar-refractivity contribution in [2.75, 3.05) is 12.4 Å². The van der Waals surface area contributed by atoms with Gasteiger partial charge in [-0.15, -0.1) is 10.2 Å². The van der Waals surface area contributed by atoms with Gasteiger partial charge < -0.3 is 14.5 Å². The molecular weight excluding hydrogens is 473 g/mol. The van der Waals surface area contributed by atoms with Crippen molar-refractivity contribution in [3.8, 4) is 27.6 Å². The summed E-state index contributed by atoms with van der Waals surface area (Å²) in [5, 5.41) is 16.8. The number of ether oxygens (including phenoxy) is 1. The summed E-state index contributed by atoms with van der Waals surface area (Å²) >= 11 is 13.7. The number of amides is 1. The van der Waals surface area contributed by atoms with Crippen LogP contribution in [0.5, 0.6) is 5.75 Å². The molecule has 1 N–H and O–H groups in total. The third-order valence-corrected chi connectivity index (χ3v) is 6.13. The number of rotatable bonds is 5. The lowest BCUT2D eigenvalue weighted by Crippen LogP contribution is -2.11. The van der Waals surface area contributed by atoms with Crippen LogP contribution in [0, 0.1) is 0 Å². The van der Waals surface area contributed by atoms with Crippen LogP contribution in [0.2, 0.25) is 10.0 Å². The van der Waals surface area contributed by atoms with Gasteiger partial charge in [-0.2, -0.15) is 9.61 Å². The molecule has 0 fully saturated rings. The van der Waals surface area contributed by atoms with E-state index in [1.165, 1.54) is 24.8 Å². The number of fused-ring (bicyclic) bond motifs is 1. The minimum Gasteiger partial charge on any atom is -0.495 e. The number of hydrogen-bond donors (Lipinski definition) is 1. The Morgan fingerprint density at radius 1 is 1.16 bits per heavy atom. The molecule has 0 aliphatic rings. The summed E-state index contributed by atoms with van der Waals surface area (Å²) in [5.74, 6) is 0.600. The van der Waals surface area contributed by atoms with Crippen LogP contribution in [0.15, 0.2) is 59.3 Å². The molecule has 0 aliphatic heterocycles. The van der Waals surface area contributed by atoms with Crippen LogP contribution in [0.3, 0.4) is 0 Å². The maximum absolute atomic E-state index is 12.9. The Hall–Kier alpha value is -3.40. The second-order valence-corrected chi connectivity index (χ2v) is 8.42. The van der Waals surface area contributed by atoms with E-state index in [1.54, 1.807) is 47.0 Å². The van der Waals surface area contributed by atoms with Crippen molar-refractivity contribution in [2.45, 2.75) is 0 Å². The highest BCUT2D eigenvalue weighted by atomic mass is 35.5. The number of hydrogen-bond acceptors (Lipinski definition) is 7. The van der Waals surface area contributed by atoms with Crippen molar-refractivity contribution in [1.82, 2.24) is 19.8 Å². The zero-order valence-corrected chi connectivity index (χ0v) is 18.7. The number of furan rings is 1. The van der Waals surface area contributed by atoms with Gasteiger partial charge in [0.2, 0.25) is 4.96 Å². The summed E-state index contributed by atoms with van der Waals surface area (Å²) in [7, 11) is 1.53. The van der Waals surface area contributed by atoms with Crippen LogP contribution >= 0.6 is 34.5 Å². The number of anilines is 1. The number of benzene rings is 2. The van der Waals surface area contributed by atoms with Crippen LogP contribution in [-0.4, -0.2) is 32.8 Å². The number of halogens is 2. The summed E-state index contributed by atoms with van der Waals surface area (Å²) in [4.78, 5) is 13.5. The molecule has 1 amide bonds. The molecular formula is C21H13Cl2N5O3S. The minimum absolute atomic E-state index is 0.113. The predicted molar refractivity (Wildman–Crippen MR) is 123 cm³/mol. The molecule has 2 aromatic carbocycles. The summed E-state index contributed by atoms with van der Waals surface area (Å²) in [6.07, 6.45) is 1.53. The molecule has 3 aromatic heterocycles. The van der Waals surface area contributed by atoms with E-state index in [4.69, 9.17) is 32.4 Å². The van der Waals surface area contributed by atoms with Crippen molar-refractivity contribution in [2.24, 2.45) is 0 Å². The van der Waals surface area contributed by atoms with Gasteiger partial charge in [0.25, 0.3) is 5.91 Å². The van der Waals surface area contributed by atoms with E-state index in [-0.39, 0.29) is 5.76 Å². The molecule has 0 spiro atoms. The SMILES string of the molecule is COc1ccc(-c2nn3cnnc3s2)cc1NC(=O)c1ccc(-c2cc(Cl)ccc2Cl)o1. The van der Waals surface area contributed by atoms with Gasteiger partial charge in [-0.3, -0.25) is 4.79 Å². The number of aromatic nitrogens is 4. The van der Waals surface area contributed by atoms with Gasteiger partial charge in [0.05, 0.1) is 17.8 Å². The first kappa shape index (κ1) is 20.5. The Bertz CT molecular complexity index is 1430.